The molecule has 4 nitrogen and oxygen atoms in total. The lowest BCUT2D eigenvalue weighted by molar-refractivity contribution is -0.116. The van der Waals surface area contributed by atoms with Crippen molar-refractivity contribution in [3.8, 4) is 0 Å². The molecule has 118 valence electrons. The first-order valence-electron chi connectivity index (χ1n) is 7.38. The van der Waals surface area contributed by atoms with Gasteiger partial charge in [-0.3, -0.25) is 4.79 Å². The zero-order valence-electron chi connectivity index (χ0n) is 13.1. The Balaban J connectivity index is 2.28. The predicted octanol–water partition coefficient (Wildman–Crippen LogP) is 2.46. The maximum absolute atomic E-state index is 13.4. The molecule has 1 amide bonds. The number of nitrogens with zero attached hydrogens (tertiary/aromatic N) is 1. The number of para-hydroxylation sites is 1. The van der Waals surface area contributed by atoms with Crippen LogP contribution >= 0.6 is 0 Å². The molecule has 1 aromatic carbocycles. The summed E-state index contributed by atoms with van der Waals surface area (Å²) in [5.41, 5.74) is 6.22. The minimum atomic E-state index is -0.415. The number of hydrogen-bond acceptors (Lipinski definition) is 3. The van der Waals surface area contributed by atoms with Gasteiger partial charge in [0, 0.05) is 19.0 Å². The van der Waals surface area contributed by atoms with Gasteiger partial charge in [-0.05, 0) is 38.1 Å². The highest BCUT2D eigenvalue weighted by Crippen LogP contribution is 2.12. The number of amides is 1. The van der Waals surface area contributed by atoms with Crippen LogP contribution in [0.2, 0.25) is 0 Å². The number of carbonyl (C=O) groups excluding carboxylic acids is 1. The topological polar surface area (TPSA) is 58.4 Å². The van der Waals surface area contributed by atoms with E-state index >= 15 is 0 Å². The lowest BCUT2D eigenvalue weighted by Gasteiger charge is -2.21. The Morgan fingerprint density at radius 2 is 2.00 bits per heavy atom. The number of nitrogens with two attached hydrogens (primary N) is 1. The molecule has 0 fully saturated rings. The van der Waals surface area contributed by atoms with E-state index in [9.17, 15) is 9.18 Å². The maximum Gasteiger partial charge on any atom is 0.225 e. The second kappa shape index (κ2) is 8.74. The Hall–Kier alpha value is -1.46. The summed E-state index contributed by atoms with van der Waals surface area (Å²) in [4.78, 5) is 13.9. The third-order valence-electron chi connectivity index (χ3n) is 3.57. The highest BCUT2D eigenvalue weighted by atomic mass is 19.1. The van der Waals surface area contributed by atoms with Crippen LogP contribution in [0.25, 0.3) is 0 Å². The van der Waals surface area contributed by atoms with E-state index in [1.165, 1.54) is 6.07 Å². The second-order valence-corrected chi connectivity index (χ2v) is 5.78. The van der Waals surface area contributed by atoms with Crippen molar-refractivity contribution in [2.24, 2.45) is 11.7 Å². The van der Waals surface area contributed by atoms with Crippen LogP contribution in [-0.2, 0) is 4.79 Å². The van der Waals surface area contributed by atoms with Crippen LogP contribution in [0.4, 0.5) is 10.1 Å². The van der Waals surface area contributed by atoms with Gasteiger partial charge in [0.15, 0.2) is 0 Å². The van der Waals surface area contributed by atoms with Crippen molar-refractivity contribution in [2.75, 3.05) is 25.5 Å². The van der Waals surface area contributed by atoms with E-state index in [-0.39, 0.29) is 17.6 Å². The molecule has 1 unspecified atom stereocenters. The number of carbonyl (C=O) groups is 1. The zero-order chi connectivity index (χ0) is 15.8. The molecule has 21 heavy (non-hydrogen) atoms. The molecule has 0 radical (unpaired) electrons. The minimum Gasteiger partial charge on any atom is -0.327 e. The first-order chi connectivity index (χ1) is 9.90. The van der Waals surface area contributed by atoms with Crippen molar-refractivity contribution >= 4 is 11.6 Å². The van der Waals surface area contributed by atoms with Gasteiger partial charge in [-0.15, -0.1) is 0 Å². The Labute approximate surface area is 126 Å². The molecule has 0 aliphatic carbocycles. The molecule has 1 atom stereocenters. The summed E-state index contributed by atoms with van der Waals surface area (Å²) >= 11 is 0. The third kappa shape index (κ3) is 6.69. The van der Waals surface area contributed by atoms with Gasteiger partial charge < -0.3 is 16.0 Å². The first kappa shape index (κ1) is 17.6. The van der Waals surface area contributed by atoms with Crippen LogP contribution in [0.1, 0.15) is 26.7 Å². The van der Waals surface area contributed by atoms with Crippen LogP contribution in [0.5, 0.6) is 0 Å². The summed E-state index contributed by atoms with van der Waals surface area (Å²) in [6.45, 7) is 5.69. The van der Waals surface area contributed by atoms with Gasteiger partial charge in [0.05, 0.1) is 5.69 Å². The number of anilines is 1. The maximum atomic E-state index is 13.4. The molecule has 0 aromatic heterocycles. The van der Waals surface area contributed by atoms with Crippen LogP contribution in [0.3, 0.4) is 0 Å². The molecule has 0 aliphatic heterocycles. The largest absolute Gasteiger partial charge is 0.327 e. The molecule has 0 saturated carbocycles. The number of hydrogen-bond donors (Lipinski definition) is 2. The summed E-state index contributed by atoms with van der Waals surface area (Å²) in [6.07, 6.45) is 1.24. The van der Waals surface area contributed by atoms with Crippen molar-refractivity contribution in [2.45, 2.75) is 32.7 Å². The van der Waals surface area contributed by atoms with Crippen molar-refractivity contribution in [3.63, 3.8) is 0 Å². The molecule has 5 heteroatoms. The van der Waals surface area contributed by atoms with Crippen molar-refractivity contribution in [1.29, 1.82) is 0 Å². The van der Waals surface area contributed by atoms with Crippen molar-refractivity contribution in [3.05, 3.63) is 30.1 Å². The SMILES string of the molecule is CC(C)C(N)CCN(C)CCC(=O)Nc1ccccc1F. The smallest absolute Gasteiger partial charge is 0.225 e. The summed E-state index contributed by atoms with van der Waals surface area (Å²) < 4.78 is 13.4. The predicted molar refractivity (Wildman–Crippen MR) is 84.6 cm³/mol. The Morgan fingerprint density at radius 1 is 1.33 bits per heavy atom. The van der Waals surface area contributed by atoms with Gasteiger partial charge in [0.1, 0.15) is 5.82 Å². The van der Waals surface area contributed by atoms with Gasteiger partial charge in [0.2, 0.25) is 5.91 Å². The highest BCUT2D eigenvalue weighted by Gasteiger charge is 2.11. The Kier molecular flexibility index (Phi) is 7.32. The van der Waals surface area contributed by atoms with E-state index in [4.69, 9.17) is 5.73 Å². The van der Waals surface area contributed by atoms with E-state index in [2.05, 4.69) is 24.1 Å². The lowest BCUT2D eigenvalue weighted by Crippen LogP contribution is -2.33. The Morgan fingerprint density at radius 3 is 2.62 bits per heavy atom. The second-order valence-electron chi connectivity index (χ2n) is 5.78. The van der Waals surface area contributed by atoms with E-state index in [0.717, 1.165) is 13.0 Å². The van der Waals surface area contributed by atoms with Crippen LogP contribution in [-0.4, -0.2) is 37.0 Å². The monoisotopic (exact) mass is 295 g/mol. The van der Waals surface area contributed by atoms with E-state index in [1.807, 2.05) is 7.05 Å². The molecule has 0 bridgehead atoms. The minimum absolute atomic E-state index is 0.180. The lowest BCUT2D eigenvalue weighted by atomic mass is 10.0. The number of rotatable bonds is 8. The first-order valence-corrected chi connectivity index (χ1v) is 7.38. The summed E-state index contributed by atoms with van der Waals surface area (Å²) in [5.74, 6) is -0.134. The van der Waals surface area contributed by atoms with Gasteiger partial charge >= 0.3 is 0 Å². The molecule has 1 rings (SSSR count). The summed E-state index contributed by atoms with van der Waals surface area (Å²) in [7, 11) is 1.96. The van der Waals surface area contributed by atoms with E-state index in [0.29, 0.717) is 18.9 Å². The number of halogens is 1. The van der Waals surface area contributed by atoms with E-state index < -0.39 is 5.82 Å². The number of nitrogens with one attached hydrogen (secondary N) is 1. The molecule has 3 N–H and O–H groups in total. The fourth-order valence-electron chi connectivity index (χ4n) is 1.88. The molecule has 1 aromatic rings. The molecule has 0 heterocycles. The van der Waals surface area contributed by atoms with Crippen LogP contribution in [0.15, 0.2) is 24.3 Å². The van der Waals surface area contributed by atoms with Gasteiger partial charge in [-0.1, -0.05) is 26.0 Å². The molecular weight excluding hydrogens is 269 g/mol. The van der Waals surface area contributed by atoms with Crippen molar-refractivity contribution in [1.82, 2.24) is 4.90 Å². The standard InChI is InChI=1S/C16H26FN3O/c1-12(2)14(18)8-10-20(3)11-9-16(21)19-15-7-5-4-6-13(15)17/h4-7,12,14H,8-11,18H2,1-3H3,(H,19,21). The zero-order valence-corrected chi connectivity index (χ0v) is 13.1. The normalized spacial score (nSPS) is 12.7. The molecular formula is C16H26FN3O. The average molecular weight is 295 g/mol. The third-order valence-corrected chi connectivity index (χ3v) is 3.57. The van der Waals surface area contributed by atoms with Gasteiger partial charge in [-0.25, -0.2) is 4.39 Å². The molecule has 0 saturated heterocycles. The van der Waals surface area contributed by atoms with E-state index in [1.54, 1.807) is 18.2 Å². The fourth-order valence-corrected chi connectivity index (χ4v) is 1.88. The average Bonchev–Trinajstić information content (AvgIpc) is 2.44. The van der Waals surface area contributed by atoms with Gasteiger partial charge in [-0.2, -0.15) is 0 Å². The molecule has 0 aliphatic rings. The highest BCUT2D eigenvalue weighted by molar-refractivity contribution is 5.90. The van der Waals surface area contributed by atoms with Crippen LogP contribution in [0, 0.1) is 11.7 Å². The summed E-state index contributed by atoms with van der Waals surface area (Å²) in [5, 5.41) is 2.58. The Bertz CT molecular complexity index is 451. The number of benzene rings is 1. The fraction of sp³-hybridized carbons (Fsp3) is 0.562. The summed E-state index contributed by atoms with van der Waals surface area (Å²) in [6, 6.07) is 6.35. The quantitative estimate of drug-likeness (QED) is 0.774. The molecule has 0 spiro atoms. The van der Waals surface area contributed by atoms with Crippen LogP contribution < -0.4 is 11.1 Å². The van der Waals surface area contributed by atoms with Gasteiger partial charge in [0.25, 0.3) is 0 Å². The van der Waals surface area contributed by atoms with Crippen molar-refractivity contribution < 1.29 is 9.18 Å².